The first-order chi connectivity index (χ1) is 8.79. The van der Waals surface area contributed by atoms with Crippen molar-refractivity contribution in [2.45, 2.75) is 46.6 Å². The van der Waals surface area contributed by atoms with E-state index in [9.17, 15) is 9.59 Å². The first kappa shape index (κ1) is 16.0. The van der Waals surface area contributed by atoms with E-state index in [2.05, 4.69) is 10.6 Å². The second-order valence-electron chi connectivity index (χ2n) is 6.16. The van der Waals surface area contributed by atoms with Crippen LogP contribution in [-0.4, -0.2) is 36.1 Å². The van der Waals surface area contributed by atoms with E-state index in [0.29, 0.717) is 6.54 Å². The van der Waals surface area contributed by atoms with Gasteiger partial charge in [0.25, 0.3) is 0 Å². The Balaban J connectivity index is 2.77. The number of carbonyl (C=O) groups excluding carboxylic acids is 1. The van der Waals surface area contributed by atoms with Gasteiger partial charge in [-0.3, -0.25) is 9.59 Å². The van der Waals surface area contributed by atoms with Crippen molar-refractivity contribution >= 4 is 11.9 Å². The molecule has 0 aliphatic carbocycles. The molecule has 0 aromatic rings. The zero-order chi connectivity index (χ0) is 14.6. The van der Waals surface area contributed by atoms with E-state index in [1.165, 1.54) is 0 Å². The van der Waals surface area contributed by atoms with E-state index in [1.807, 2.05) is 27.7 Å². The summed E-state index contributed by atoms with van der Waals surface area (Å²) in [5.74, 6) is -0.534. The molecule has 5 nitrogen and oxygen atoms in total. The first-order valence-electron chi connectivity index (χ1n) is 7.03. The maximum Gasteiger partial charge on any atom is 0.305 e. The Morgan fingerprint density at radius 3 is 2.32 bits per heavy atom. The molecular weight excluding hydrogens is 244 g/mol. The fourth-order valence-corrected chi connectivity index (χ4v) is 2.61. The highest BCUT2D eigenvalue weighted by molar-refractivity contribution is 5.84. The molecule has 0 aromatic carbocycles. The molecule has 19 heavy (non-hydrogen) atoms. The van der Waals surface area contributed by atoms with Crippen LogP contribution in [-0.2, 0) is 9.59 Å². The van der Waals surface area contributed by atoms with Gasteiger partial charge in [-0.15, -0.1) is 0 Å². The molecule has 5 heteroatoms. The van der Waals surface area contributed by atoms with Gasteiger partial charge in [0.05, 0.1) is 11.8 Å². The number of carboxylic acids is 1. The van der Waals surface area contributed by atoms with E-state index < -0.39 is 11.4 Å². The second kappa shape index (κ2) is 6.37. The van der Waals surface area contributed by atoms with Crippen LogP contribution in [0.3, 0.4) is 0 Å². The Hall–Kier alpha value is -1.10. The number of amides is 1. The summed E-state index contributed by atoms with van der Waals surface area (Å²) in [5.41, 5.74) is -0.397. The monoisotopic (exact) mass is 270 g/mol. The summed E-state index contributed by atoms with van der Waals surface area (Å²) >= 11 is 0. The third-order valence-corrected chi connectivity index (χ3v) is 4.26. The lowest BCUT2D eigenvalue weighted by Gasteiger charge is -2.33. The van der Waals surface area contributed by atoms with Crippen LogP contribution in [0, 0.1) is 17.3 Å². The molecule has 0 aromatic heterocycles. The highest BCUT2D eigenvalue weighted by Crippen LogP contribution is 2.34. The van der Waals surface area contributed by atoms with Crippen molar-refractivity contribution in [3.63, 3.8) is 0 Å². The third kappa shape index (κ3) is 3.69. The molecule has 1 aliphatic rings. The number of hydrogen-bond acceptors (Lipinski definition) is 3. The fraction of sp³-hybridized carbons (Fsp3) is 0.857. The standard InChI is InChI=1S/C14H26N2O3/c1-9(2)11(7-12(17)18)16-13(19)14(10(3)4)5-6-15-8-14/h9-11,15H,5-8H2,1-4H3,(H,16,19)(H,17,18). The summed E-state index contributed by atoms with van der Waals surface area (Å²) in [6.07, 6.45) is 0.791. The molecule has 1 saturated heterocycles. The molecule has 0 radical (unpaired) electrons. The van der Waals surface area contributed by atoms with Gasteiger partial charge in [-0.05, 0) is 24.8 Å². The highest BCUT2D eigenvalue weighted by Gasteiger charge is 2.44. The number of nitrogens with one attached hydrogen (secondary N) is 2. The average molecular weight is 270 g/mol. The van der Waals surface area contributed by atoms with Gasteiger partial charge in [0, 0.05) is 12.6 Å². The minimum atomic E-state index is -0.873. The largest absolute Gasteiger partial charge is 0.481 e. The molecule has 0 spiro atoms. The minimum Gasteiger partial charge on any atom is -0.481 e. The zero-order valence-electron chi connectivity index (χ0n) is 12.3. The molecule has 1 fully saturated rings. The van der Waals surface area contributed by atoms with E-state index in [4.69, 9.17) is 5.11 Å². The summed E-state index contributed by atoms with van der Waals surface area (Å²) in [5, 5.41) is 15.1. The summed E-state index contributed by atoms with van der Waals surface area (Å²) in [6, 6.07) is -0.304. The molecule has 2 unspecified atom stereocenters. The van der Waals surface area contributed by atoms with Crippen LogP contribution in [0.1, 0.15) is 40.5 Å². The first-order valence-corrected chi connectivity index (χ1v) is 7.03. The Morgan fingerprint density at radius 1 is 1.32 bits per heavy atom. The van der Waals surface area contributed by atoms with Gasteiger partial charge in [0.15, 0.2) is 0 Å². The van der Waals surface area contributed by atoms with Crippen molar-refractivity contribution in [3.05, 3.63) is 0 Å². The van der Waals surface area contributed by atoms with Crippen molar-refractivity contribution in [1.82, 2.24) is 10.6 Å². The maximum absolute atomic E-state index is 12.6. The molecule has 110 valence electrons. The van der Waals surface area contributed by atoms with Crippen LogP contribution in [0.15, 0.2) is 0 Å². The quantitative estimate of drug-likeness (QED) is 0.678. The molecule has 3 N–H and O–H groups in total. The summed E-state index contributed by atoms with van der Waals surface area (Å²) in [4.78, 5) is 23.4. The van der Waals surface area contributed by atoms with Crippen LogP contribution >= 0.6 is 0 Å². The van der Waals surface area contributed by atoms with Gasteiger partial charge in [0.2, 0.25) is 5.91 Å². The Labute approximate surface area is 115 Å². The molecule has 1 rings (SSSR count). The fourth-order valence-electron chi connectivity index (χ4n) is 2.61. The number of carboxylic acid groups (broad SMARTS) is 1. The molecule has 0 bridgehead atoms. The lowest BCUT2D eigenvalue weighted by molar-refractivity contribution is -0.139. The Bertz CT molecular complexity index is 334. The number of carbonyl (C=O) groups is 2. The van der Waals surface area contributed by atoms with Crippen LogP contribution in [0.2, 0.25) is 0 Å². The van der Waals surface area contributed by atoms with Crippen molar-refractivity contribution in [2.24, 2.45) is 17.3 Å². The number of aliphatic carboxylic acids is 1. The summed E-state index contributed by atoms with van der Waals surface area (Å²) in [6.45, 7) is 9.49. The van der Waals surface area contributed by atoms with E-state index >= 15 is 0 Å². The predicted molar refractivity (Wildman–Crippen MR) is 73.8 cm³/mol. The predicted octanol–water partition coefficient (Wildman–Crippen LogP) is 1.24. The van der Waals surface area contributed by atoms with Crippen molar-refractivity contribution in [1.29, 1.82) is 0 Å². The summed E-state index contributed by atoms with van der Waals surface area (Å²) < 4.78 is 0. The summed E-state index contributed by atoms with van der Waals surface area (Å²) in [7, 11) is 0. The molecule has 2 atom stereocenters. The van der Waals surface area contributed by atoms with Gasteiger partial charge in [-0.25, -0.2) is 0 Å². The van der Waals surface area contributed by atoms with Crippen molar-refractivity contribution < 1.29 is 14.7 Å². The Kier molecular flexibility index (Phi) is 5.35. The zero-order valence-corrected chi connectivity index (χ0v) is 12.3. The Morgan fingerprint density at radius 2 is 1.95 bits per heavy atom. The lowest BCUT2D eigenvalue weighted by atomic mass is 9.75. The smallest absolute Gasteiger partial charge is 0.305 e. The maximum atomic E-state index is 12.6. The van der Waals surface area contributed by atoms with Gasteiger partial charge in [0.1, 0.15) is 0 Å². The molecule has 1 amide bonds. The lowest BCUT2D eigenvalue weighted by Crippen LogP contribution is -2.51. The topological polar surface area (TPSA) is 78.4 Å². The highest BCUT2D eigenvalue weighted by atomic mass is 16.4. The SMILES string of the molecule is CC(C)C(CC(=O)O)NC(=O)C1(C(C)C)CCNC1. The number of rotatable bonds is 6. The molecule has 1 heterocycles. The second-order valence-corrected chi connectivity index (χ2v) is 6.16. The van der Waals surface area contributed by atoms with E-state index in [1.54, 1.807) is 0 Å². The third-order valence-electron chi connectivity index (χ3n) is 4.26. The van der Waals surface area contributed by atoms with E-state index in [-0.39, 0.29) is 30.2 Å². The van der Waals surface area contributed by atoms with Crippen LogP contribution in [0.25, 0.3) is 0 Å². The van der Waals surface area contributed by atoms with Gasteiger partial charge in [-0.2, -0.15) is 0 Å². The van der Waals surface area contributed by atoms with Crippen molar-refractivity contribution in [3.8, 4) is 0 Å². The normalized spacial score (nSPS) is 24.7. The molecule has 0 saturated carbocycles. The van der Waals surface area contributed by atoms with Gasteiger partial charge in [-0.1, -0.05) is 27.7 Å². The molecule has 1 aliphatic heterocycles. The van der Waals surface area contributed by atoms with Crippen LogP contribution < -0.4 is 10.6 Å². The number of hydrogen-bond donors (Lipinski definition) is 3. The van der Waals surface area contributed by atoms with Crippen LogP contribution in [0.5, 0.6) is 0 Å². The van der Waals surface area contributed by atoms with Gasteiger partial charge >= 0.3 is 5.97 Å². The van der Waals surface area contributed by atoms with Crippen molar-refractivity contribution in [2.75, 3.05) is 13.1 Å². The molecular formula is C14H26N2O3. The minimum absolute atomic E-state index is 0.00699. The average Bonchev–Trinajstić information content (AvgIpc) is 2.77. The van der Waals surface area contributed by atoms with Gasteiger partial charge < -0.3 is 15.7 Å². The van der Waals surface area contributed by atoms with E-state index in [0.717, 1.165) is 13.0 Å². The van der Waals surface area contributed by atoms with Crippen LogP contribution in [0.4, 0.5) is 0 Å².